The maximum atomic E-state index is 2.19. The zero-order valence-corrected chi connectivity index (χ0v) is 4.91. The Morgan fingerprint density at radius 1 is 0.833 bits per heavy atom. The normalized spacial score (nSPS) is 10.0. The molecule has 0 N–H and O–H groups in total. The Morgan fingerprint density at radius 2 is 0.833 bits per heavy atom. The molecule has 0 bridgehead atoms. The van der Waals surface area contributed by atoms with Gasteiger partial charge in [0.05, 0.1) is 0 Å². The van der Waals surface area contributed by atoms with Crippen LogP contribution in [-0.2, 0) is 0 Å². The minimum Gasteiger partial charge on any atom is -0.269 e. The van der Waals surface area contributed by atoms with Crippen LogP contribution < -0.4 is 0 Å². The number of halogens is 1. The highest BCUT2D eigenvalue weighted by atomic mass is 19.0. The summed E-state index contributed by atoms with van der Waals surface area (Å²) in [5.41, 5.74) is 0.500. The van der Waals surface area contributed by atoms with Crippen LogP contribution in [0.4, 0.5) is 4.70 Å². The summed E-state index contributed by atoms with van der Waals surface area (Å²) in [4.78, 5) is 0. The molecule has 40 valence electrons. The van der Waals surface area contributed by atoms with Crippen LogP contribution in [0.15, 0.2) is 0 Å². The molecule has 0 saturated heterocycles. The van der Waals surface area contributed by atoms with Crippen molar-refractivity contribution in [2.45, 2.75) is 27.7 Å². The first kappa shape index (κ1) is 9.33. The Bertz CT molecular complexity index is 19.4. The highest BCUT2D eigenvalue weighted by Crippen LogP contribution is 2.07. The SMILES string of the molecule is CC(C)(C)C.F. The maximum absolute atomic E-state index is 2.19. The van der Waals surface area contributed by atoms with E-state index < -0.39 is 0 Å². The first-order chi connectivity index (χ1) is 2.00. The lowest BCUT2D eigenvalue weighted by Crippen LogP contribution is -1.93. The van der Waals surface area contributed by atoms with Gasteiger partial charge in [-0.1, -0.05) is 27.7 Å². The Balaban J connectivity index is 0. The molecule has 0 spiro atoms. The van der Waals surface area contributed by atoms with Gasteiger partial charge in [-0.2, -0.15) is 0 Å². The fourth-order valence-corrected chi connectivity index (χ4v) is 0. The molecule has 0 rings (SSSR count). The van der Waals surface area contributed by atoms with E-state index in [9.17, 15) is 0 Å². The highest BCUT2D eigenvalue weighted by molar-refractivity contribution is 4.47. The van der Waals surface area contributed by atoms with Crippen LogP contribution >= 0.6 is 0 Å². The van der Waals surface area contributed by atoms with Gasteiger partial charge in [-0.3, -0.25) is 4.70 Å². The first-order valence-corrected chi connectivity index (χ1v) is 2.00. The van der Waals surface area contributed by atoms with Crippen molar-refractivity contribution in [3.05, 3.63) is 0 Å². The second-order valence-corrected chi connectivity index (χ2v) is 3.00. The number of hydrogen-bond donors (Lipinski definition) is 0. The topological polar surface area (TPSA) is 0 Å². The third kappa shape index (κ3) is 6890. The van der Waals surface area contributed by atoms with Crippen molar-refractivity contribution >= 4 is 0 Å². The Morgan fingerprint density at radius 3 is 0.833 bits per heavy atom. The number of rotatable bonds is 0. The Labute approximate surface area is 38.9 Å². The molecular formula is C5H13F. The minimum absolute atomic E-state index is 0. The van der Waals surface area contributed by atoms with Gasteiger partial charge in [0.15, 0.2) is 0 Å². The van der Waals surface area contributed by atoms with Crippen LogP contribution in [0.1, 0.15) is 27.7 Å². The minimum atomic E-state index is 0. The molecule has 6 heavy (non-hydrogen) atoms. The Hall–Kier alpha value is -0.0700. The molecule has 0 radical (unpaired) electrons. The largest absolute Gasteiger partial charge is 0.269 e. The molecule has 0 amide bonds. The fourth-order valence-electron chi connectivity index (χ4n) is 0. The van der Waals surface area contributed by atoms with E-state index in [2.05, 4.69) is 27.7 Å². The van der Waals surface area contributed by atoms with Crippen LogP contribution in [0.2, 0.25) is 0 Å². The average molecular weight is 92.2 g/mol. The van der Waals surface area contributed by atoms with Gasteiger partial charge in [-0.25, -0.2) is 0 Å². The van der Waals surface area contributed by atoms with Crippen molar-refractivity contribution < 1.29 is 4.70 Å². The molecule has 0 aromatic heterocycles. The van der Waals surface area contributed by atoms with Gasteiger partial charge >= 0.3 is 0 Å². The quantitative estimate of drug-likeness (QED) is 0.429. The van der Waals surface area contributed by atoms with E-state index >= 15 is 0 Å². The van der Waals surface area contributed by atoms with E-state index in [1.54, 1.807) is 0 Å². The summed E-state index contributed by atoms with van der Waals surface area (Å²) >= 11 is 0. The summed E-state index contributed by atoms with van der Waals surface area (Å²) in [6, 6.07) is 0. The molecule has 1 heteroatoms. The van der Waals surface area contributed by atoms with Gasteiger partial charge in [0.2, 0.25) is 0 Å². The molecule has 0 aliphatic carbocycles. The van der Waals surface area contributed by atoms with E-state index in [0.29, 0.717) is 5.41 Å². The summed E-state index contributed by atoms with van der Waals surface area (Å²) in [5.74, 6) is 0. The zero-order valence-electron chi connectivity index (χ0n) is 4.91. The number of hydrogen-bond acceptors (Lipinski definition) is 0. The van der Waals surface area contributed by atoms with E-state index in [1.807, 2.05) is 0 Å². The summed E-state index contributed by atoms with van der Waals surface area (Å²) < 4.78 is 0. The molecule has 0 aromatic carbocycles. The van der Waals surface area contributed by atoms with Gasteiger partial charge in [-0.05, 0) is 5.41 Å². The van der Waals surface area contributed by atoms with Crippen LogP contribution in [0, 0.1) is 5.41 Å². The molecule has 0 atom stereocenters. The van der Waals surface area contributed by atoms with Crippen molar-refractivity contribution in [3.63, 3.8) is 0 Å². The Kier molecular flexibility index (Phi) is 3.37. The van der Waals surface area contributed by atoms with Gasteiger partial charge in [0.1, 0.15) is 0 Å². The highest BCUT2D eigenvalue weighted by Gasteiger charge is 1.95. The second-order valence-electron chi connectivity index (χ2n) is 3.00. The van der Waals surface area contributed by atoms with E-state index in [1.165, 1.54) is 0 Å². The third-order valence-electron chi connectivity index (χ3n) is 0. The lowest BCUT2D eigenvalue weighted by Gasteiger charge is -2.05. The van der Waals surface area contributed by atoms with Crippen molar-refractivity contribution in [1.29, 1.82) is 0 Å². The van der Waals surface area contributed by atoms with Gasteiger partial charge < -0.3 is 0 Å². The van der Waals surface area contributed by atoms with Crippen molar-refractivity contribution in [3.8, 4) is 0 Å². The second kappa shape index (κ2) is 2.17. The summed E-state index contributed by atoms with van der Waals surface area (Å²) in [5, 5.41) is 0. The molecule has 0 unspecified atom stereocenters. The van der Waals surface area contributed by atoms with E-state index in [-0.39, 0.29) is 4.70 Å². The first-order valence-electron chi connectivity index (χ1n) is 2.00. The molecule has 0 aliphatic rings. The third-order valence-corrected chi connectivity index (χ3v) is 0. The van der Waals surface area contributed by atoms with E-state index in [4.69, 9.17) is 0 Å². The van der Waals surface area contributed by atoms with Crippen molar-refractivity contribution in [2.24, 2.45) is 5.41 Å². The van der Waals surface area contributed by atoms with Crippen LogP contribution in [-0.4, -0.2) is 0 Å². The van der Waals surface area contributed by atoms with E-state index in [0.717, 1.165) is 0 Å². The summed E-state index contributed by atoms with van der Waals surface area (Å²) in [7, 11) is 0. The standard InChI is InChI=1S/C5H12.FH/c1-5(2,3)4;/h1-4H3;1H. The molecule has 0 aliphatic heterocycles. The van der Waals surface area contributed by atoms with Gasteiger partial charge in [0.25, 0.3) is 0 Å². The summed E-state index contributed by atoms with van der Waals surface area (Å²) in [6.45, 7) is 8.75. The lowest BCUT2D eigenvalue weighted by molar-refractivity contribution is 0.469. The molecule has 0 nitrogen and oxygen atoms in total. The van der Waals surface area contributed by atoms with Crippen molar-refractivity contribution in [1.82, 2.24) is 0 Å². The lowest BCUT2D eigenvalue weighted by atomic mass is 10.0. The average Bonchev–Trinajstić information content (AvgIpc) is 0.722. The fraction of sp³-hybridized carbons (Fsp3) is 1.00. The molecule has 0 aromatic rings. The predicted octanol–water partition coefficient (Wildman–Crippen LogP) is 2.20. The van der Waals surface area contributed by atoms with Gasteiger partial charge in [-0.15, -0.1) is 0 Å². The van der Waals surface area contributed by atoms with Crippen molar-refractivity contribution in [2.75, 3.05) is 0 Å². The molecule has 0 saturated carbocycles. The maximum Gasteiger partial charge on any atom is -0.0411 e. The molecule has 0 heterocycles. The predicted molar refractivity (Wildman–Crippen MR) is 27.6 cm³/mol. The smallest absolute Gasteiger partial charge is 0.0411 e. The zero-order chi connectivity index (χ0) is 4.50. The van der Waals surface area contributed by atoms with Crippen LogP contribution in [0.3, 0.4) is 0 Å². The summed E-state index contributed by atoms with van der Waals surface area (Å²) in [6.07, 6.45) is 0. The molecular weight excluding hydrogens is 79.1 g/mol. The van der Waals surface area contributed by atoms with Crippen LogP contribution in [0.5, 0.6) is 0 Å². The molecule has 0 fully saturated rings. The van der Waals surface area contributed by atoms with Gasteiger partial charge in [0, 0.05) is 0 Å². The van der Waals surface area contributed by atoms with Crippen LogP contribution in [0.25, 0.3) is 0 Å². The monoisotopic (exact) mass is 92.1 g/mol.